The molecular formula is C9H11ClN2O2. The first-order valence-electron chi connectivity index (χ1n) is 4.18. The van der Waals surface area contributed by atoms with Crippen molar-refractivity contribution in [3.63, 3.8) is 0 Å². The molecule has 1 aromatic rings. The van der Waals surface area contributed by atoms with Crippen molar-refractivity contribution in [2.45, 2.75) is 13.0 Å². The van der Waals surface area contributed by atoms with Gasteiger partial charge in [0, 0.05) is 6.54 Å². The van der Waals surface area contributed by atoms with E-state index in [4.69, 9.17) is 16.7 Å². The molecule has 0 bridgehead atoms. The average Bonchev–Trinajstić information content (AvgIpc) is 2.14. The van der Waals surface area contributed by atoms with Crippen molar-refractivity contribution in [2.24, 2.45) is 0 Å². The molecule has 0 saturated heterocycles. The third-order valence-corrected chi connectivity index (χ3v) is 1.72. The topological polar surface area (TPSA) is 62.2 Å². The molecule has 14 heavy (non-hydrogen) atoms. The summed E-state index contributed by atoms with van der Waals surface area (Å²) in [7, 11) is 0. The number of aliphatic hydroxyl groups is 1. The monoisotopic (exact) mass is 214 g/mol. The van der Waals surface area contributed by atoms with Gasteiger partial charge in [0.05, 0.1) is 6.10 Å². The summed E-state index contributed by atoms with van der Waals surface area (Å²) in [5.74, 6) is -0.339. The normalized spacial score (nSPS) is 12.2. The fourth-order valence-corrected chi connectivity index (χ4v) is 1.03. The van der Waals surface area contributed by atoms with Crippen LogP contribution in [0.15, 0.2) is 18.2 Å². The van der Waals surface area contributed by atoms with Crippen LogP contribution in [0.4, 0.5) is 0 Å². The zero-order valence-corrected chi connectivity index (χ0v) is 8.45. The van der Waals surface area contributed by atoms with Gasteiger partial charge in [0.1, 0.15) is 10.8 Å². The number of nitrogens with zero attached hydrogens (tertiary/aromatic N) is 1. The molecule has 1 aromatic heterocycles. The Labute approximate surface area is 86.9 Å². The molecular weight excluding hydrogens is 204 g/mol. The van der Waals surface area contributed by atoms with E-state index >= 15 is 0 Å². The highest BCUT2D eigenvalue weighted by Crippen LogP contribution is 2.04. The fraction of sp³-hybridized carbons (Fsp3) is 0.333. The molecule has 0 radical (unpaired) electrons. The van der Waals surface area contributed by atoms with Gasteiger partial charge in [0.25, 0.3) is 5.91 Å². The van der Waals surface area contributed by atoms with E-state index in [1.807, 2.05) is 0 Å². The molecule has 0 aromatic carbocycles. The van der Waals surface area contributed by atoms with Crippen molar-refractivity contribution in [1.82, 2.24) is 10.3 Å². The Hall–Kier alpha value is -1.13. The summed E-state index contributed by atoms with van der Waals surface area (Å²) in [5.41, 5.74) is 0.248. The van der Waals surface area contributed by atoms with Crippen molar-refractivity contribution in [3.8, 4) is 0 Å². The number of pyridine rings is 1. The second kappa shape index (κ2) is 4.93. The largest absolute Gasteiger partial charge is 0.392 e. The maximum atomic E-state index is 11.4. The van der Waals surface area contributed by atoms with Gasteiger partial charge in [-0.2, -0.15) is 0 Å². The summed E-state index contributed by atoms with van der Waals surface area (Å²) >= 11 is 5.61. The molecule has 5 heteroatoms. The predicted octanol–water partition coefficient (Wildman–Crippen LogP) is 0.846. The van der Waals surface area contributed by atoms with Crippen LogP contribution < -0.4 is 5.32 Å². The quantitative estimate of drug-likeness (QED) is 0.734. The maximum Gasteiger partial charge on any atom is 0.270 e. The number of amides is 1. The lowest BCUT2D eigenvalue weighted by Gasteiger charge is -2.06. The minimum Gasteiger partial charge on any atom is -0.392 e. The zero-order chi connectivity index (χ0) is 10.6. The van der Waals surface area contributed by atoms with Gasteiger partial charge < -0.3 is 10.4 Å². The Morgan fingerprint density at radius 1 is 1.71 bits per heavy atom. The third-order valence-electron chi connectivity index (χ3n) is 1.51. The second-order valence-electron chi connectivity index (χ2n) is 2.90. The Balaban J connectivity index is 2.61. The van der Waals surface area contributed by atoms with Crippen LogP contribution in [0.1, 0.15) is 17.4 Å². The molecule has 0 aliphatic carbocycles. The number of hydrogen-bond acceptors (Lipinski definition) is 3. The standard InChI is InChI=1S/C9H11ClN2O2/c1-6(13)5-11-9(14)7-3-2-4-8(10)12-7/h2-4,6,13H,5H2,1H3,(H,11,14). The molecule has 0 spiro atoms. The summed E-state index contributed by atoms with van der Waals surface area (Å²) < 4.78 is 0. The number of nitrogens with one attached hydrogen (secondary N) is 1. The zero-order valence-electron chi connectivity index (χ0n) is 7.70. The van der Waals surface area contributed by atoms with Crippen LogP contribution in [0.3, 0.4) is 0 Å². The van der Waals surface area contributed by atoms with Crippen LogP contribution in [0.5, 0.6) is 0 Å². The number of aromatic nitrogens is 1. The van der Waals surface area contributed by atoms with Gasteiger partial charge in [-0.15, -0.1) is 0 Å². The summed E-state index contributed by atoms with van der Waals surface area (Å²) in [6, 6.07) is 4.79. The van der Waals surface area contributed by atoms with E-state index in [0.717, 1.165) is 0 Å². The van der Waals surface area contributed by atoms with Crippen molar-refractivity contribution >= 4 is 17.5 Å². The Morgan fingerprint density at radius 2 is 2.43 bits per heavy atom. The first-order chi connectivity index (χ1) is 6.59. The van der Waals surface area contributed by atoms with Crippen LogP contribution >= 0.6 is 11.6 Å². The first-order valence-corrected chi connectivity index (χ1v) is 4.56. The fourth-order valence-electron chi connectivity index (χ4n) is 0.866. The van der Waals surface area contributed by atoms with E-state index in [1.165, 1.54) is 0 Å². The highest BCUT2D eigenvalue weighted by atomic mass is 35.5. The lowest BCUT2D eigenvalue weighted by atomic mass is 10.3. The van der Waals surface area contributed by atoms with Crippen LogP contribution in [-0.2, 0) is 0 Å². The van der Waals surface area contributed by atoms with E-state index in [1.54, 1.807) is 25.1 Å². The smallest absolute Gasteiger partial charge is 0.270 e. The van der Waals surface area contributed by atoms with E-state index < -0.39 is 6.10 Å². The molecule has 1 rings (SSSR count). The molecule has 4 nitrogen and oxygen atoms in total. The van der Waals surface area contributed by atoms with Crippen LogP contribution in [0.2, 0.25) is 5.15 Å². The molecule has 1 amide bonds. The number of carbonyl (C=O) groups excluding carboxylic acids is 1. The number of aliphatic hydroxyl groups excluding tert-OH is 1. The van der Waals surface area contributed by atoms with Gasteiger partial charge >= 0.3 is 0 Å². The van der Waals surface area contributed by atoms with Gasteiger partial charge in [-0.1, -0.05) is 17.7 Å². The second-order valence-corrected chi connectivity index (χ2v) is 3.29. The molecule has 1 unspecified atom stereocenters. The predicted molar refractivity (Wildman–Crippen MR) is 53.3 cm³/mol. The van der Waals surface area contributed by atoms with Gasteiger partial charge in [-0.3, -0.25) is 4.79 Å². The first kappa shape index (κ1) is 10.9. The molecule has 0 saturated carbocycles. The molecule has 1 heterocycles. The van der Waals surface area contributed by atoms with Gasteiger partial charge in [0.15, 0.2) is 0 Å². The minimum atomic E-state index is -0.571. The summed E-state index contributed by atoms with van der Waals surface area (Å²) in [4.78, 5) is 15.2. The molecule has 0 aliphatic rings. The molecule has 76 valence electrons. The minimum absolute atomic E-state index is 0.201. The van der Waals surface area contributed by atoms with E-state index in [9.17, 15) is 4.79 Å². The Morgan fingerprint density at radius 3 is 3.00 bits per heavy atom. The summed E-state index contributed by atoms with van der Waals surface area (Å²) in [6.45, 7) is 1.79. The molecule has 1 atom stereocenters. The van der Waals surface area contributed by atoms with Crippen molar-refractivity contribution in [1.29, 1.82) is 0 Å². The van der Waals surface area contributed by atoms with Gasteiger partial charge in [0.2, 0.25) is 0 Å². The van der Waals surface area contributed by atoms with E-state index in [0.29, 0.717) is 0 Å². The lowest BCUT2D eigenvalue weighted by Crippen LogP contribution is -2.31. The SMILES string of the molecule is CC(O)CNC(=O)c1cccc(Cl)n1. The molecule has 2 N–H and O–H groups in total. The van der Waals surface area contributed by atoms with Gasteiger partial charge in [-0.05, 0) is 19.1 Å². The van der Waals surface area contributed by atoms with Crippen molar-refractivity contribution in [2.75, 3.05) is 6.54 Å². The van der Waals surface area contributed by atoms with E-state index in [2.05, 4.69) is 10.3 Å². The van der Waals surface area contributed by atoms with E-state index in [-0.39, 0.29) is 23.3 Å². The lowest BCUT2D eigenvalue weighted by molar-refractivity contribution is 0.0919. The maximum absolute atomic E-state index is 11.4. The number of rotatable bonds is 3. The van der Waals surface area contributed by atoms with Crippen molar-refractivity contribution in [3.05, 3.63) is 29.0 Å². The van der Waals surface area contributed by atoms with Crippen LogP contribution in [-0.4, -0.2) is 28.6 Å². The number of hydrogen-bond donors (Lipinski definition) is 2. The van der Waals surface area contributed by atoms with Crippen LogP contribution in [0, 0.1) is 0 Å². The Kier molecular flexibility index (Phi) is 3.85. The summed E-state index contributed by atoms with van der Waals surface area (Å²) in [6.07, 6.45) is -0.571. The molecule has 0 aliphatic heterocycles. The number of halogens is 1. The third kappa shape index (κ3) is 3.32. The average molecular weight is 215 g/mol. The van der Waals surface area contributed by atoms with Crippen molar-refractivity contribution < 1.29 is 9.90 Å². The van der Waals surface area contributed by atoms with Crippen LogP contribution in [0.25, 0.3) is 0 Å². The number of carbonyl (C=O) groups is 1. The molecule has 0 fully saturated rings. The highest BCUT2D eigenvalue weighted by molar-refractivity contribution is 6.29. The van der Waals surface area contributed by atoms with Gasteiger partial charge in [-0.25, -0.2) is 4.98 Å². The summed E-state index contributed by atoms with van der Waals surface area (Å²) in [5, 5.41) is 11.7. The Bertz CT molecular complexity index is 328. The highest BCUT2D eigenvalue weighted by Gasteiger charge is 2.07.